The summed E-state index contributed by atoms with van der Waals surface area (Å²) >= 11 is 3.71. The number of benzene rings is 1. The normalized spacial score (nSPS) is 11.7. The second-order valence-electron chi connectivity index (χ2n) is 4.12. The van der Waals surface area contributed by atoms with Gasteiger partial charge in [-0.1, -0.05) is 11.2 Å². The van der Waals surface area contributed by atoms with E-state index in [0.29, 0.717) is 5.69 Å². The molecule has 1 heterocycles. The van der Waals surface area contributed by atoms with Crippen LogP contribution in [0.2, 0.25) is 0 Å². The molecule has 0 fully saturated rings. The van der Waals surface area contributed by atoms with Crippen molar-refractivity contribution >= 4 is 39.4 Å². The number of nitrogens with zero attached hydrogens (tertiary/aromatic N) is 5. The van der Waals surface area contributed by atoms with Crippen LogP contribution < -0.4 is 5.69 Å². The van der Waals surface area contributed by atoms with E-state index in [9.17, 15) is 4.79 Å². The maximum absolute atomic E-state index is 12.0. The Morgan fingerprint density at radius 2 is 2.24 bits per heavy atom. The van der Waals surface area contributed by atoms with Crippen LogP contribution in [0.5, 0.6) is 0 Å². The summed E-state index contributed by atoms with van der Waals surface area (Å²) in [7, 11) is 1.56. The molecule has 1 aromatic heterocycles. The summed E-state index contributed by atoms with van der Waals surface area (Å²) in [5.41, 5.74) is 1.19. The number of hydrogen-bond acceptors (Lipinski definition) is 6. The van der Waals surface area contributed by atoms with E-state index in [4.69, 9.17) is 4.84 Å². The minimum atomic E-state index is -0.304. The molecule has 1 aromatic carbocycles. The van der Waals surface area contributed by atoms with Crippen molar-refractivity contribution in [2.75, 3.05) is 6.26 Å². The zero-order valence-corrected chi connectivity index (χ0v) is 14.8. The molecule has 7 nitrogen and oxygen atoms in total. The Kier molecular flexibility index (Phi) is 5.39. The van der Waals surface area contributed by atoms with Gasteiger partial charge in [0.15, 0.2) is 0 Å². The summed E-state index contributed by atoms with van der Waals surface area (Å²) in [4.78, 5) is 17.3. The molecule has 0 bridgehead atoms. The van der Waals surface area contributed by atoms with Crippen molar-refractivity contribution in [3.05, 3.63) is 37.8 Å². The standard InChI is InChI=1S/C12H14IN5O2S/c1-8(21-3)14-20-7-9-10(13)5-4-6-11(9)18-12(19)17(2)15-16-18/h4-6H,7H2,1-3H3. The first-order valence-electron chi connectivity index (χ1n) is 6.02. The quantitative estimate of drug-likeness (QED) is 0.327. The third-order valence-electron chi connectivity index (χ3n) is 2.74. The van der Waals surface area contributed by atoms with Gasteiger partial charge >= 0.3 is 5.69 Å². The molecule has 0 aliphatic heterocycles. The third-order valence-corrected chi connectivity index (χ3v) is 4.42. The smallest absolute Gasteiger partial charge is 0.368 e. The summed E-state index contributed by atoms with van der Waals surface area (Å²) in [6.07, 6.45) is 1.93. The van der Waals surface area contributed by atoms with Gasteiger partial charge in [0.05, 0.1) is 5.69 Å². The van der Waals surface area contributed by atoms with Crippen LogP contribution in [-0.2, 0) is 18.5 Å². The summed E-state index contributed by atoms with van der Waals surface area (Å²) < 4.78 is 3.41. The topological polar surface area (TPSA) is 74.3 Å². The van der Waals surface area contributed by atoms with E-state index in [0.717, 1.165) is 14.2 Å². The van der Waals surface area contributed by atoms with Crippen molar-refractivity contribution in [1.82, 2.24) is 19.8 Å². The van der Waals surface area contributed by atoms with Gasteiger partial charge in [0.25, 0.3) is 0 Å². The fourth-order valence-corrected chi connectivity index (χ4v) is 2.35. The molecule has 9 heteroatoms. The number of aryl methyl sites for hydroxylation is 1. The van der Waals surface area contributed by atoms with Crippen LogP contribution in [0.3, 0.4) is 0 Å². The number of hydrogen-bond donors (Lipinski definition) is 0. The zero-order chi connectivity index (χ0) is 15.4. The maximum atomic E-state index is 12.0. The van der Waals surface area contributed by atoms with Gasteiger partial charge in [-0.2, -0.15) is 9.36 Å². The fourth-order valence-electron chi connectivity index (χ4n) is 1.58. The van der Waals surface area contributed by atoms with E-state index in [2.05, 4.69) is 38.2 Å². The number of thioether (sulfide) groups is 1. The average Bonchev–Trinajstić information content (AvgIpc) is 2.80. The lowest BCUT2D eigenvalue weighted by Crippen LogP contribution is -2.23. The Hall–Kier alpha value is -1.36. The van der Waals surface area contributed by atoms with Crippen molar-refractivity contribution in [2.45, 2.75) is 13.5 Å². The molecular formula is C12H14IN5O2S. The summed E-state index contributed by atoms with van der Waals surface area (Å²) in [6.45, 7) is 2.13. The number of rotatable bonds is 4. The highest BCUT2D eigenvalue weighted by Gasteiger charge is 2.13. The second kappa shape index (κ2) is 7.07. The van der Waals surface area contributed by atoms with Crippen molar-refractivity contribution in [3.63, 3.8) is 0 Å². The lowest BCUT2D eigenvalue weighted by Gasteiger charge is -2.09. The molecule has 0 atom stereocenters. The van der Waals surface area contributed by atoms with Gasteiger partial charge in [0.2, 0.25) is 0 Å². The van der Waals surface area contributed by atoms with E-state index >= 15 is 0 Å². The minimum absolute atomic E-state index is 0.259. The van der Waals surface area contributed by atoms with Gasteiger partial charge in [-0.25, -0.2) is 4.79 Å². The molecule has 0 amide bonds. The van der Waals surface area contributed by atoms with Crippen LogP contribution in [-0.4, -0.2) is 31.1 Å². The molecule has 2 aromatic rings. The average molecular weight is 419 g/mol. The SMILES string of the molecule is CSC(C)=NOCc1c(I)cccc1-n1nnn(C)c1=O. The molecule has 0 saturated heterocycles. The van der Waals surface area contributed by atoms with E-state index in [1.807, 2.05) is 31.4 Å². The molecular weight excluding hydrogens is 405 g/mol. The van der Waals surface area contributed by atoms with Crippen molar-refractivity contribution in [3.8, 4) is 5.69 Å². The molecule has 0 aliphatic rings. The number of halogens is 1. The fraction of sp³-hybridized carbons (Fsp3) is 0.333. The highest BCUT2D eigenvalue weighted by Crippen LogP contribution is 2.20. The lowest BCUT2D eigenvalue weighted by atomic mass is 10.2. The summed E-state index contributed by atoms with van der Waals surface area (Å²) in [5, 5.41) is 12.4. The molecule has 0 radical (unpaired) electrons. The first-order chi connectivity index (χ1) is 10.0. The minimum Gasteiger partial charge on any atom is -0.390 e. The van der Waals surface area contributed by atoms with Crippen LogP contribution in [0.1, 0.15) is 12.5 Å². The zero-order valence-electron chi connectivity index (χ0n) is 11.8. The highest BCUT2D eigenvalue weighted by molar-refractivity contribution is 14.1. The van der Waals surface area contributed by atoms with Crippen LogP contribution in [0.4, 0.5) is 0 Å². The van der Waals surface area contributed by atoms with Crippen molar-refractivity contribution in [2.24, 2.45) is 12.2 Å². The Bertz CT molecular complexity index is 725. The Morgan fingerprint density at radius 3 is 2.86 bits per heavy atom. The third kappa shape index (κ3) is 3.64. The van der Waals surface area contributed by atoms with E-state index in [1.54, 1.807) is 7.05 Å². The number of tetrazole rings is 1. The molecule has 21 heavy (non-hydrogen) atoms. The van der Waals surface area contributed by atoms with Gasteiger partial charge in [-0.3, -0.25) is 0 Å². The van der Waals surface area contributed by atoms with E-state index in [-0.39, 0.29) is 12.3 Å². The predicted octanol–water partition coefficient (Wildman–Crippen LogP) is 1.78. The molecule has 2 rings (SSSR count). The highest BCUT2D eigenvalue weighted by atomic mass is 127. The summed E-state index contributed by atoms with van der Waals surface area (Å²) in [5.74, 6) is 0. The van der Waals surface area contributed by atoms with E-state index in [1.165, 1.54) is 21.1 Å². The first kappa shape index (κ1) is 16.0. The van der Waals surface area contributed by atoms with Gasteiger partial charge in [0, 0.05) is 16.2 Å². The Morgan fingerprint density at radius 1 is 1.48 bits per heavy atom. The predicted molar refractivity (Wildman–Crippen MR) is 90.7 cm³/mol. The maximum Gasteiger partial charge on any atom is 0.368 e. The number of oxime groups is 1. The number of aromatic nitrogens is 4. The largest absolute Gasteiger partial charge is 0.390 e. The Labute approximate surface area is 139 Å². The van der Waals surface area contributed by atoms with Crippen molar-refractivity contribution in [1.29, 1.82) is 0 Å². The van der Waals surface area contributed by atoms with Gasteiger partial charge in [0.1, 0.15) is 11.7 Å². The van der Waals surface area contributed by atoms with Gasteiger partial charge < -0.3 is 4.84 Å². The molecule has 0 saturated carbocycles. The Balaban J connectivity index is 2.37. The lowest BCUT2D eigenvalue weighted by molar-refractivity contribution is 0.130. The van der Waals surface area contributed by atoms with E-state index < -0.39 is 0 Å². The van der Waals surface area contributed by atoms with Crippen LogP contribution in [0.15, 0.2) is 28.1 Å². The van der Waals surface area contributed by atoms with Crippen LogP contribution in [0, 0.1) is 3.57 Å². The molecule has 0 spiro atoms. The second-order valence-corrected chi connectivity index (χ2v) is 6.28. The monoisotopic (exact) mass is 419 g/mol. The first-order valence-corrected chi connectivity index (χ1v) is 8.32. The van der Waals surface area contributed by atoms with Crippen LogP contribution >= 0.6 is 34.4 Å². The van der Waals surface area contributed by atoms with Crippen molar-refractivity contribution < 1.29 is 4.84 Å². The van der Waals surface area contributed by atoms with Gasteiger partial charge in [-0.15, -0.1) is 11.8 Å². The summed E-state index contributed by atoms with van der Waals surface area (Å²) in [6, 6.07) is 5.61. The molecule has 0 aliphatic carbocycles. The van der Waals surface area contributed by atoms with Crippen LogP contribution in [0.25, 0.3) is 5.69 Å². The molecule has 0 unspecified atom stereocenters. The molecule has 0 N–H and O–H groups in total. The molecule has 112 valence electrons. The van der Waals surface area contributed by atoms with Gasteiger partial charge in [-0.05, 0) is 58.3 Å².